The van der Waals surface area contributed by atoms with E-state index in [4.69, 9.17) is 5.11 Å². The van der Waals surface area contributed by atoms with Crippen LogP contribution < -0.4 is 10.6 Å². The third kappa shape index (κ3) is 4.94. The predicted octanol–water partition coefficient (Wildman–Crippen LogP) is 1.72. The van der Waals surface area contributed by atoms with Crippen LogP contribution in [0.2, 0.25) is 0 Å². The Bertz CT molecular complexity index is 411. The Kier molecular flexibility index (Phi) is 6.02. The maximum absolute atomic E-state index is 11.8. The van der Waals surface area contributed by atoms with Gasteiger partial charge in [0, 0.05) is 12.6 Å². The summed E-state index contributed by atoms with van der Waals surface area (Å²) in [6.45, 7) is 1.10. The van der Waals surface area contributed by atoms with Crippen molar-refractivity contribution >= 4 is 5.91 Å². The smallest absolute Gasteiger partial charge is 0.234 e. The van der Waals surface area contributed by atoms with Crippen molar-refractivity contribution in [2.45, 2.75) is 51.3 Å². The van der Waals surface area contributed by atoms with E-state index < -0.39 is 0 Å². The van der Waals surface area contributed by atoms with Gasteiger partial charge in [-0.2, -0.15) is 0 Å². The number of benzene rings is 1. The molecule has 1 aliphatic carbocycles. The monoisotopic (exact) mass is 276 g/mol. The van der Waals surface area contributed by atoms with E-state index in [9.17, 15) is 4.79 Å². The fraction of sp³-hybridized carbons (Fsp3) is 0.562. The Balaban J connectivity index is 1.65. The molecule has 1 aromatic rings. The number of hydrogen-bond acceptors (Lipinski definition) is 3. The lowest BCUT2D eigenvalue weighted by atomic mass is 9.95. The van der Waals surface area contributed by atoms with E-state index in [0.29, 0.717) is 19.1 Å². The summed E-state index contributed by atoms with van der Waals surface area (Å²) < 4.78 is 0. The molecule has 1 fully saturated rings. The maximum Gasteiger partial charge on any atom is 0.234 e. The van der Waals surface area contributed by atoms with Crippen LogP contribution in [0.5, 0.6) is 0 Å². The van der Waals surface area contributed by atoms with Gasteiger partial charge in [0.15, 0.2) is 0 Å². The van der Waals surface area contributed by atoms with Crippen molar-refractivity contribution < 1.29 is 9.90 Å². The van der Waals surface area contributed by atoms with Gasteiger partial charge in [0.25, 0.3) is 0 Å². The lowest BCUT2D eigenvalue weighted by molar-refractivity contribution is -0.121. The fourth-order valence-electron chi connectivity index (χ4n) is 2.61. The second kappa shape index (κ2) is 8.02. The molecule has 1 aromatic carbocycles. The fourth-order valence-corrected chi connectivity index (χ4v) is 2.61. The van der Waals surface area contributed by atoms with Gasteiger partial charge in [-0.25, -0.2) is 0 Å². The molecule has 3 N–H and O–H groups in total. The number of hydrogen-bond donors (Lipinski definition) is 3. The van der Waals surface area contributed by atoms with Gasteiger partial charge < -0.3 is 15.7 Å². The van der Waals surface area contributed by atoms with E-state index in [1.165, 1.54) is 19.3 Å². The highest BCUT2D eigenvalue weighted by Crippen LogP contribution is 2.17. The number of aliphatic hydroxyl groups excluding tert-OH is 1. The maximum atomic E-state index is 11.8. The van der Waals surface area contributed by atoms with Crippen LogP contribution in [0.25, 0.3) is 0 Å². The second-order valence-electron chi connectivity index (χ2n) is 5.48. The molecule has 0 bridgehead atoms. The first-order chi connectivity index (χ1) is 9.78. The molecule has 1 aliphatic rings. The number of amides is 1. The summed E-state index contributed by atoms with van der Waals surface area (Å²) in [5.74, 6) is 0.0869. The average Bonchev–Trinajstić information content (AvgIpc) is 2.49. The summed E-state index contributed by atoms with van der Waals surface area (Å²) in [7, 11) is 0. The minimum Gasteiger partial charge on any atom is -0.392 e. The zero-order valence-electron chi connectivity index (χ0n) is 11.9. The van der Waals surface area contributed by atoms with Gasteiger partial charge in [-0.1, -0.05) is 43.5 Å². The quantitative estimate of drug-likeness (QED) is 0.741. The van der Waals surface area contributed by atoms with Crippen molar-refractivity contribution in [3.63, 3.8) is 0 Å². The Morgan fingerprint density at radius 2 is 1.75 bits per heavy atom. The first-order valence-corrected chi connectivity index (χ1v) is 7.46. The van der Waals surface area contributed by atoms with E-state index in [0.717, 1.165) is 24.0 Å². The molecule has 0 heterocycles. The summed E-state index contributed by atoms with van der Waals surface area (Å²) >= 11 is 0. The molecule has 1 amide bonds. The summed E-state index contributed by atoms with van der Waals surface area (Å²) in [5, 5.41) is 15.2. The first-order valence-electron chi connectivity index (χ1n) is 7.46. The molecule has 20 heavy (non-hydrogen) atoms. The van der Waals surface area contributed by atoms with Crippen LogP contribution >= 0.6 is 0 Å². The Labute approximate surface area is 120 Å². The number of nitrogens with one attached hydrogen (secondary N) is 2. The van der Waals surface area contributed by atoms with Crippen molar-refractivity contribution in [3.8, 4) is 0 Å². The number of rotatable bonds is 6. The molecule has 4 heteroatoms. The molecule has 0 aliphatic heterocycles. The van der Waals surface area contributed by atoms with E-state index in [1.54, 1.807) is 0 Å². The zero-order valence-corrected chi connectivity index (χ0v) is 11.9. The van der Waals surface area contributed by atoms with Crippen LogP contribution in [-0.2, 0) is 17.9 Å². The average molecular weight is 276 g/mol. The third-order valence-corrected chi connectivity index (χ3v) is 3.79. The van der Waals surface area contributed by atoms with Gasteiger partial charge in [0.1, 0.15) is 0 Å². The lowest BCUT2D eigenvalue weighted by Gasteiger charge is -2.22. The van der Waals surface area contributed by atoms with E-state index in [1.807, 2.05) is 24.3 Å². The molecule has 2 rings (SSSR count). The van der Waals surface area contributed by atoms with E-state index in [2.05, 4.69) is 10.6 Å². The lowest BCUT2D eigenvalue weighted by Crippen LogP contribution is -2.41. The SMILES string of the molecule is O=C(CNCc1ccc(CO)cc1)NC1CCCCC1. The highest BCUT2D eigenvalue weighted by molar-refractivity contribution is 5.78. The van der Waals surface area contributed by atoms with Crippen molar-refractivity contribution in [1.82, 2.24) is 10.6 Å². The predicted molar refractivity (Wildman–Crippen MR) is 79.1 cm³/mol. The molecular weight excluding hydrogens is 252 g/mol. The number of aliphatic hydroxyl groups is 1. The van der Waals surface area contributed by atoms with E-state index >= 15 is 0 Å². The Morgan fingerprint density at radius 3 is 2.40 bits per heavy atom. The standard InChI is InChI=1S/C16H24N2O2/c19-12-14-8-6-13(7-9-14)10-17-11-16(20)18-15-4-2-1-3-5-15/h6-9,15,17,19H,1-5,10-12H2,(H,18,20). The van der Waals surface area contributed by atoms with Gasteiger partial charge in [0.05, 0.1) is 13.2 Å². The molecule has 0 unspecified atom stereocenters. The topological polar surface area (TPSA) is 61.4 Å². The molecule has 1 saturated carbocycles. The van der Waals surface area contributed by atoms with Gasteiger partial charge in [-0.3, -0.25) is 4.79 Å². The largest absolute Gasteiger partial charge is 0.392 e. The van der Waals surface area contributed by atoms with Crippen LogP contribution in [0.15, 0.2) is 24.3 Å². The van der Waals surface area contributed by atoms with Crippen LogP contribution in [-0.4, -0.2) is 23.6 Å². The molecule has 0 spiro atoms. The highest BCUT2D eigenvalue weighted by Gasteiger charge is 2.14. The molecule has 0 aromatic heterocycles. The summed E-state index contributed by atoms with van der Waals surface area (Å²) in [6, 6.07) is 8.12. The van der Waals surface area contributed by atoms with Gasteiger partial charge in [0.2, 0.25) is 5.91 Å². The van der Waals surface area contributed by atoms with Crippen LogP contribution in [0.4, 0.5) is 0 Å². The summed E-state index contributed by atoms with van der Waals surface area (Å²) in [4.78, 5) is 11.8. The van der Waals surface area contributed by atoms with E-state index in [-0.39, 0.29) is 12.5 Å². The summed E-state index contributed by atoms with van der Waals surface area (Å²) in [5.41, 5.74) is 2.02. The normalized spacial score (nSPS) is 16.1. The summed E-state index contributed by atoms with van der Waals surface area (Å²) in [6.07, 6.45) is 6.00. The van der Waals surface area contributed by atoms with Crippen molar-refractivity contribution in [2.75, 3.05) is 6.54 Å². The van der Waals surface area contributed by atoms with Gasteiger partial charge in [-0.15, -0.1) is 0 Å². The minimum absolute atomic E-state index is 0.0670. The third-order valence-electron chi connectivity index (χ3n) is 3.79. The van der Waals surface area contributed by atoms with Crippen molar-refractivity contribution in [1.29, 1.82) is 0 Å². The van der Waals surface area contributed by atoms with Gasteiger partial charge >= 0.3 is 0 Å². The van der Waals surface area contributed by atoms with Crippen LogP contribution in [0.3, 0.4) is 0 Å². The minimum atomic E-state index is 0.0670. The Hall–Kier alpha value is -1.39. The molecular formula is C16H24N2O2. The van der Waals surface area contributed by atoms with Crippen LogP contribution in [0, 0.1) is 0 Å². The van der Waals surface area contributed by atoms with Crippen LogP contribution in [0.1, 0.15) is 43.2 Å². The zero-order chi connectivity index (χ0) is 14.2. The number of carbonyl (C=O) groups is 1. The van der Waals surface area contributed by atoms with Gasteiger partial charge in [-0.05, 0) is 24.0 Å². The molecule has 0 saturated heterocycles. The molecule has 4 nitrogen and oxygen atoms in total. The van der Waals surface area contributed by atoms with Crippen molar-refractivity contribution in [3.05, 3.63) is 35.4 Å². The molecule has 0 radical (unpaired) electrons. The first kappa shape index (κ1) is 15.0. The highest BCUT2D eigenvalue weighted by atomic mass is 16.3. The second-order valence-corrected chi connectivity index (χ2v) is 5.48. The number of carbonyl (C=O) groups excluding carboxylic acids is 1. The molecule has 110 valence electrons. The molecule has 0 atom stereocenters. The Morgan fingerprint density at radius 1 is 1.10 bits per heavy atom. The van der Waals surface area contributed by atoms with Crippen molar-refractivity contribution in [2.24, 2.45) is 0 Å².